The Morgan fingerprint density at radius 3 is 2.79 bits per heavy atom. The summed E-state index contributed by atoms with van der Waals surface area (Å²) in [5.41, 5.74) is 6.33. The molecule has 0 bridgehead atoms. The smallest absolute Gasteiger partial charge is 0.267 e. The molecule has 3 heterocycles. The average molecular weight is 417 g/mol. The van der Waals surface area contributed by atoms with Crippen molar-refractivity contribution in [3.8, 4) is 11.5 Å². The molecule has 4 rings (SSSR count). The zero-order valence-corrected chi connectivity index (χ0v) is 16.7. The Bertz CT molecular complexity index is 1020. The Balaban J connectivity index is 1.34. The van der Waals surface area contributed by atoms with E-state index in [0.717, 1.165) is 17.7 Å². The largest absolute Gasteiger partial charge is 0.493 e. The van der Waals surface area contributed by atoms with Crippen molar-refractivity contribution < 1.29 is 22.7 Å². The molecule has 1 fully saturated rings. The zero-order chi connectivity index (χ0) is 20.4. The van der Waals surface area contributed by atoms with Crippen LogP contribution in [0.25, 0.3) is 0 Å². The van der Waals surface area contributed by atoms with Crippen molar-refractivity contribution >= 4 is 15.9 Å². The molecule has 0 spiro atoms. The van der Waals surface area contributed by atoms with Crippen molar-refractivity contribution in [1.29, 1.82) is 0 Å². The van der Waals surface area contributed by atoms with Gasteiger partial charge in [-0.05, 0) is 48.6 Å². The van der Waals surface area contributed by atoms with E-state index in [4.69, 9.17) is 15.2 Å². The first kappa shape index (κ1) is 19.7. The number of fused-ring (bicyclic) bond motifs is 1. The van der Waals surface area contributed by atoms with Gasteiger partial charge in [-0.2, -0.15) is 4.31 Å². The maximum absolute atomic E-state index is 13.0. The summed E-state index contributed by atoms with van der Waals surface area (Å²) in [5, 5.41) is 0. The Kier molecular flexibility index (Phi) is 5.42. The number of carbonyl (C=O) groups excluding carboxylic acids is 1. The number of hydrogen-bond donors (Lipinski definition) is 1. The van der Waals surface area contributed by atoms with Gasteiger partial charge >= 0.3 is 0 Å². The SMILES string of the molecule is NC(=O)c1cc(OCC2CCN(S(=O)(=O)c3ccc4c(c3)CCO4)CC2)ccn1. The maximum atomic E-state index is 13.0. The minimum absolute atomic E-state index is 0.156. The molecule has 154 valence electrons. The highest BCUT2D eigenvalue weighted by molar-refractivity contribution is 7.89. The van der Waals surface area contributed by atoms with Crippen LogP contribution >= 0.6 is 0 Å². The monoisotopic (exact) mass is 417 g/mol. The van der Waals surface area contributed by atoms with E-state index in [9.17, 15) is 13.2 Å². The van der Waals surface area contributed by atoms with Gasteiger partial charge in [0, 0.05) is 31.8 Å². The molecular weight excluding hydrogens is 394 g/mol. The predicted molar refractivity (Wildman–Crippen MR) is 105 cm³/mol. The molecule has 1 aromatic carbocycles. The van der Waals surface area contributed by atoms with Crippen molar-refractivity contribution in [2.24, 2.45) is 11.7 Å². The number of benzene rings is 1. The van der Waals surface area contributed by atoms with Crippen LogP contribution in [-0.2, 0) is 16.4 Å². The van der Waals surface area contributed by atoms with Gasteiger partial charge in [-0.1, -0.05) is 0 Å². The third-order valence-corrected chi connectivity index (χ3v) is 7.24. The number of aromatic nitrogens is 1. The van der Waals surface area contributed by atoms with Crippen molar-refractivity contribution in [3.63, 3.8) is 0 Å². The molecule has 29 heavy (non-hydrogen) atoms. The molecule has 0 atom stereocenters. The highest BCUT2D eigenvalue weighted by Gasteiger charge is 2.30. The number of nitrogens with zero attached hydrogens (tertiary/aromatic N) is 2. The number of carbonyl (C=O) groups is 1. The fourth-order valence-electron chi connectivity index (χ4n) is 3.64. The Morgan fingerprint density at radius 2 is 2.03 bits per heavy atom. The predicted octanol–water partition coefficient (Wildman–Crippen LogP) is 1.60. The lowest BCUT2D eigenvalue weighted by Crippen LogP contribution is -2.39. The van der Waals surface area contributed by atoms with Crippen molar-refractivity contribution in [2.75, 3.05) is 26.3 Å². The maximum Gasteiger partial charge on any atom is 0.267 e. The number of sulfonamides is 1. The summed E-state index contributed by atoms with van der Waals surface area (Å²) in [7, 11) is -3.51. The van der Waals surface area contributed by atoms with E-state index in [2.05, 4.69) is 4.98 Å². The third-order valence-electron chi connectivity index (χ3n) is 5.34. The number of ether oxygens (including phenoxy) is 2. The second kappa shape index (κ2) is 8.00. The number of hydrogen-bond acceptors (Lipinski definition) is 6. The van der Waals surface area contributed by atoms with Crippen LogP contribution in [0.4, 0.5) is 0 Å². The lowest BCUT2D eigenvalue weighted by Gasteiger charge is -2.31. The van der Waals surface area contributed by atoms with E-state index in [0.29, 0.717) is 49.8 Å². The first-order valence-corrected chi connectivity index (χ1v) is 11.0. The van der Waals surface area contributed by atoms with Gasteiger partial charge in [-0.3, -0.25) is 9.78 Å². The van der Waals surface area contributed by atoms with Gasteiger partial charge in [-0.15, -0.1) is 0 Å². The summed E-state index contributed by atoms with van der Waals surface area (Å²) in [6, 6.07) is 8.27. The Morgan fingerprint density at radius 1 is 1.24 bits per heavy atom. The van der Waals surface area contributed by atoms with Crippen molar-refractivity contribution in [3.05, 3.63) is 47.8 Å². The highest BCUT2D eigenvalue weighted by atomic mass is 32.2. The molecule has 2 aromatic rings. The van der Waals surface area contributed by atoms with Gasteiger partial charge in [0.15, 0.2) is 0 Å². The quantitative estimate of drug-likeness (QED) is 0.764. The molecule has 0 aliphatic carbocycles. The minimum atomic E-state index is -3.51. The van der Waals surface area contributed by atoms with Crippen LogP contribution < -0.4 is 15.2 Å². The van der Waals surface area contributed by atoms with Gasteiger partial charge < -0.3 is 15.2 Å². The molecule has 0 radical (unpaired) electrons. The van der Waals surface area contributed by atoms with Crippen molar-refractivity contribution in [1.82, 2.24) is 9.29 Å². The summed E-state index contributed by atoms with van der Waals surface area (Å²) in [6.45, 7) is 1.95. The molecule has 1 aromatic heterocycles. The molecule has 2 N–H and O–H groups in total. The lowest BCUT2D eigenvalue weighted by atomic mass is 9.99. The summed E-state index contributed by atoms with van der Waals surface area (Å²) in [4.78, 5) is 15.4. The number of pyridine rings is 1. The summed E-state index contributed by atoms with van der Waals surface area (Å²) in [6.07, 6.45) is 3.64. The molecule has 0 unspecified atom stereocenters. The fourth-order valence-corrected chi connectivity index (χ4v) is 5.16. The van der Waals surface area contributed by atoms with Gasteiger partial charge in [-0.25, -0.2) is 8.42 Å². The topological polar surface area (TPSA) is 112 Å². The van der Waals surface area contributed by atoms with E-state index in [1.54, 1.807) is 28.6 Å². The Labute approximate surface area is 169 Å². The van der Waals surface area contributed by atoms with Crippen LogP contribution in [-0.4, -0.2) is 49.9 Å². The summed E-state index contributed by atoms with van der Waals surface area (Å²) < 4.78 is 38.7. The first-order valence-electron chi connectivity index (χ1n) is 9.58. The molecular formula is C20H23N3O5S. The van der Waals surface area contributed by atoms with Gasteiger partial charge in [0.2, 0.25) is 10.0 Å². The van der Waals surface area contributed by atoms with Crippen LogP contribution in [0, 0.1) is 5.92 Å². The minimum Gasteiger partial charge on any atom is -0.493 e. The van der Waals surface area contributed by atoms with Gasteiger partial charge in [0.05, 0.1) is 18.1 Å². The van der Waals surface area contributed by atoms with Crippen LogP contribution in [0.2, 0.25) is 0 Å². The second-order valence-electron chi connectivity index (χ2n) is 7.27. The van der Waals surface area contributed by atoms with Crippen LogP contribution in [0.3, 0.4) is 0 Å². The van der Waals surface area contributed by atoms with Crippen LogP contribution in [0.5, 0.6) is 11.5 Å². The number of amides is 1. The van der Waals surface area contributed by atoms with Crippen LogP contribution in [0.15, 0.2) is 41.4 Å². The summed E-state index contributed by atoms with van der Waals surface area (Å²) >= 11 is 0. The zero-order valence-electron chi connectivity index (χ0n) is 15.9. The second-order valence-corrected chi connectivity index (χ2v) is 9.21. The number of nitrogens with two attached hydrogens (primary N) is 1. The highest BCUT2D eigenvalue weighted by Crippen LogP contribution is 2.30. The number of piperidine rings is 1. The van der Waals surface area contributed by atoms with E-state index < -0.39 is 15.9 Å². The molecule has 8 nitrogen and oxygen atoms in total. The van der Waals surface area contributed by atoms with Gasteiger partial charge in [0.1, 0.15) is 17.2 Å². The number of rotatable bonds is 6. The van der Waals surface area contributed by atoms with E-state index in [1.165, 1.54) is 12.3 Å². The lowest BCUT2D eigenvalue weighted by molar-refractivity contribution is 0.0995. The first-order chi connectivity index (χ1) is 13.9. The van der Waals surface area contributed by atoms with E-state index in [1.807, 2.05) is 0 Å². The molecule has 1 saturated heterocycles. The normalized spacial score (nSPS) is 17.5. The van der Waals surface area contributed by atoms with Gasteiger partial charge in [0.25, 0.3) is 5.91 Å². The molecule has 1 amide bonds. The number of primary amides is 1. The van der Waals surface area contributed by atoms with Crippen LogP contribution in [0.1, 0.15) is 28.9 Å². The standard InChI is InChI=1S/C20H23N3O5S/c21-20(24)18-12-16(3-7-22-18)28-13-14-4-8-23(9-5-14)29(25,26)17-1-2-19-15(11-17)6-10-27-19/h1-3,7,11-12,14H,4-6,8-10,13H2,(H2,21,24). The molecule has 2 aliphatic rings. The Hall–Kier alpha value is -2.65. The third kappa shape index (κ3) is 4.20. The van der Waals surface area contributed by atoms with E-state index in [-0.39, 0.29) is 11.6 Å². The molecule has 2 aliphatic heterocycles. The summed E-state index contributed by atoms with van der Waals surface area (Å²) in [5.74, 6) is 0.937. The van der Waals surface area contributed by atoms with Crippen molar-refractivity contribution in [2.45, 2.75) is 24.2 Å². The van der Waals surface area contributed by atoms with E-state index >= 15 is 0 Å². The fraction of sp³-hybridized carbons (Fsp3) is 0.400. The molecule has 9 heteroatoms. The molecule has 0 saturated carbocycles. The average Bonchev–Trinajstić information content (AvgIpc) is 3.21.